The summed E-state index contributed by atoms with van der Waals surface area (Å²) in [7, 11) is 0. The van der Waals surface area contributed by atoms with Gasteiger partial charge in [0.05, 0.1) is 26.8 Å². The van der Waals surface area contributed by atoms with Gasteiger partial charge in [-0.3, -0.25) is 4.79 Å². The number of esters is 1. The highest BCUT2D eigenvalue weighted by atomic mass is 32.2. The van der Waals surface area contributed by atoms with Crippen LogP contribution in [0.25, 0.3) is 0 Å². The van der Waals surface area contributed by atoms with Gasteiger partial charge in [-0.15, -0.1) is 46.2 Å². The van der Waals surface area contributed by atoms with Gasteiger partial charge in [-0.2, -0.15) is 5.26 Å². The highest BCUT2D eigenvalue weighted by Crippen LogP contribution is 2.40. The van der Waals surface area contributed by atoms with E-state index < -0.39 is 0 Å². The summed E-state index contributed by atoms with van der Waals surface area (Å²) >= 11 is 11.3. The van der Waals surface area contributed by atoms with Crippen molar-refractivity contribution >= 4 is 64.4 Å². The molecule has 0 radical (unpaired) electrons. The molecular weight excluding hydrogens is 326 g/mol. The Balaban J connectivity index is 2.56. The Hall–Kier alpha value is -0.0700. The molecule has 0 N–H and O–H groups in total. The number of ether oxygens (including phenoxy) is 1. The standard InChI is InChI=1S/C10H11NO2S5/c1-2-13-7(12)6-16-9-8(15-5-3-4-11)17-10(14)18-9/h2-3,5-6H2,1H3. The summed E-state index contributed by atoms with van der Waals surface area (Å²) in [4.78, 5) is 11.3. The Morgan fingerprint density at radius 3 is 2.72 bits per heavy atom. The maximum Gasteiger partial charge on any atom is 0.316 e. The van der Waals surface area contributed by atoms with Crippen molar-refractivity contribution in [3.05, 3.63) is 3.14 Å². The Kier molecular flexibility index (Phi) is 7.93. The second kappa shape index (κ2) is 8.93. The van der Waals surface area contributed by atoms with Crippen LogP contribution in [0, 0.1) is 14.5 Å². The van der Waals surface area contributed by atoms with E-state index in [0.717, 1.165) is 17.3 Å². The molecule has 1 aromatic rings. The first-order valence-corrected chi connectivity index (χ1v) is 9.10. The van der Waals surface area contributed by atoms with E-state index in [4.69, 9.17) is 22.2 Å². The Bertz CT molecular complexity index is 487. The highest BCUT2D eigenvalue weighted by molar-refractivity contribution is 8.05. The lowest BCUT2D eigenvalue weighted by atomic mass is 10.6. The van der Waals surface area contributed by atoms with Crippen molar-refractivity contribution in [1.29, 1.82) is 5.26 Å². The first kappa shape index (κ1) is 16.0. The Morgan fingerprint density at radius 2 is 2.11 bits per heavy atom. The first-order valence-electron chi connectivity index (χ1n) is 5.09. The summed E-state index contributed by atoms with van der Waals surface area (Å²) in [6.07, 6.45) is 0.516. The molecule has 0 aliphatic heterocycles. The quantitative estimate of drug-likeness (QED) is 0.322. The van der Waals surface area contributed by atoms with E-state index in [0.29, 0.717) is 18.8 Å². The smallest absolute Gasteiger partial charge is 0.316 e. The van der Waals surface area contributed by atoms with Crippen LogP contribution >= 0.6 is 58.4 Å². The molecule has 3 nitrogen and oxygen atoms in total. The molecule has 0 unspecified atom stereocenters. The SMILES string of the molecule is CCOC(=O)CSc1sc(=S)sc1SCCC#N. The molecule has 18 heavy (non-hydrogen) atoms. The zero-order valence-electron chi connectivity index (χ0n) is 9.63. The van der Waals surface area contributed by atoms with E-state index in [2.05, 4.69) is 6.07 Å². The number of nitriles is 1. The van der Waals surface area contributed by atoms with Crippen LogP contribution in [0.5, 0.6) is 0 Å². The van der Waals surface area contributed by atoms with Crippen molar-refractivity contribution in [1.82, 2.24) is 0 Å². The Labute approximate surface area is 128 Å². The van der Waals surface area contributed by atoms with Gasteiger partial charge in [0.1, 0.15) is 3.14 Å². The molecule has 98 valence electrons. The third-order valence-electron chi connectivity index (χ3n) is 1.59. The topological polar surface area (TPSA) is 50.1 Å². The van der Waals surface area contributed by atoms with Crippen molar-refractivity contribution in [2.45, 2.75) is 21.8 Å². The van der Waals surface area contributed by atoms with Crippen LogP contribution in [-0.4, -0.2) is 24.1 Å². The van der Waals surface area contributed by atoms with Gasteiger partial charge >= 0.3 is 5.97 Å². The number of thioether (sulfide) groups is 2. The van der Waals surface area contributed by atoms with Crippen LogP contribution in [0.15, 0.2) is 8.42 Å². The second-order valence-corrected chi connectivity index (χ2v) is 8.71. The molecule has 8 heteroatoms. The number of hydrogen-bond donors (Lipinski definition) is 0. The molecule has 0 aliphatic carbocycles. The fourth-order valence-electron chi connectivity index (χ4n) is 0.949. The predicted molar refractivity (Wildman–Crippen MR) is 81.3 cm³/mol. The summed E-state index contributed by atoms with van der Waals surface area (Å²) in [5, 5.41) is 8.51. The normalized spacial score (nSPS) is 10.0. The summed E-state index contributed by atoms with van der Waals surface area (Å²) in [6, 6.07) is 2.11. The summed E-state index contributed by atoms with van der Waals surface area (Å²) < 4.78 is 7.89. The van der Waals surface area contributed by atoms with Gasteiger partial charge in [0.15, 0.2) is 0 Å². The molecule has 1 heterocycles. The zero-order chi connectivity index (χ0) is 13.4. The number of rotatable bonds is 7. The first-order chi connectivity index (χ1) is 8.67. The van der Waals surface area contributed by atoms with E-state index in [9.17, 15) is 4.79 Å². The fraction of sp³-hybridized carbons (Fsp3) is 0.500. The largest absolute Gasteiger partial charge is 0.465 e. The van der Waals surface area contributed by atoms with Crippen molar-refractivity contribution in [3.63, 3.8) is 0 Å². The van der Waals surface area contributed by atoms with Gasteiger partial charge in [-0.05, 0) is 6.92 Å². The van der Waals surface area contributed by atoms with Crippen LogP contribution in [-0.2, 0) is 9.53 Å². The van der Waals surface area contributed by atoms with Crippen LogP contribution in [0.1, 0.15) is 13.3 Å². The van der Waals surface area contributed by atoms with Crippen LogP contribution in [0.4, 0.5) is 0 Å². The lowest BCUT2D eigenvalue weighted by Crippen LogP contribution is -2.06. The van der Waals surface area contributed by atoms with Crippen LogP contribution < -0.4 is 0 Å². The van der Waals surface area contributed by atoms with Gasteiger partial charge in [-0.1, -0.05) is 12.2 Å². The van der Waals surface area contributed by atoms with Gasteiger partial charge in [-0.25, -0.2) is 0 Å². The maximum atomic E-state index is 11.3. The van der Waals surface area contributed by atoms with E-state index >= 15 is 0 Å². The minimum absolute atomic E-state index is 0.209. The molecule has 1 rings (SSSR count). The monoisotopic (exact) mass is 337 g/mol. The molecule has 0 fully saturated rings. The molecule has 0 spiro atoms. The highest BCUT2D eigenvalue weighted by Gasteiger charge is 2.11. The lowest BCUT2D eigenvalue weighted by Gasteiger charge is -2.01. The van der Waals surface area contributed by atoms with Crippen molar-refractivity contribution < 1.29 is 9.53 Å². The molecule has 0 aliphatic rings. The number of hydrogen-bond acceptors (Lipinski definition) is 8. The van der Waals surface area contributed by atoms with Gasteiger partial charge in [0, 0.05) is 12.2 Å². The van der Waals surface area contributed by atoms with Crippen LogP contribution in [0.2, 0.25) is 0 Å². The third-order valence-corrected chi connectivity index (χ3v) is 7.15. The molecule has 0 aromatic carbocycles. The average Bonchev–Trinajstić information content (AvgIpc) is 2.68. The minimum Gasteiger partial charge on any atom is -0.465 e. The molecule has 1 aromatic heterocycles. The summed E-state index contributed by atoms with van der Waals surface area (Å²) in [5.41, 5.74) is 0. The third kappa shape index (κ3) is 5.71. The second-order valence-electron chi connectivity index (χ2n) is 2.88. The van der Waals surface area contributed by atoms with E-state index in [1.54, 1.807) is 30.0 Å². The van der Waals surface area contributed by atoms with Crippen molar-refractivity contribution in [2.75, 3.05) is 18.1 Å². The Morgan fingerprint density at radius 1 is 1.44 bits per heavy atom. The number of carbonyl (C=O) groups is 1. The molecule has 0 bridgehead atoms. The number of nitrogens with zero attached hydrogens (tertiary/aromatic N) is 1. The molecule has 0 saturated heterocycles. The summed E-state index contributed by atoms with van der Waals surface area (Å²) in [5.74, 6) is 0.854. The average molecular weight is 338 g/mol. The summed E-state index contributed by atoms with van der Waals surface area (Å²) in [6.45, 7) is 2.20. The molecule has 0 amide bonds. The van der Waals surface area contributed by atoms with Gasteiger partial charge in [0.25, 0.3) is 0 Å². The van der Waals surface area contributed by atoms with Gasteiger partial charge in [0.2, 0.25) is 0 Å². The van der Waals surface area contributed by atoms with Crippen molar-refractivity contribution in [2.24, 2.45) is 0 Å². The van der Waals surface area contributed by atoms with E-state index in [-0.39, 0.29) is 5.97 Å². The molecular formula is C10H11NO2S5. The van der Waals surface area contributed by atoms with E-state index in [1.165, 1.54) is 23.1 Å². The van der Waals surface area contributed by atoms with Crippen molar-refractivity contribution in [3.8, 4) is 6.07 Å². The molecule has 0 atom stereocenters. The van der Waals surface area contributed by atoms with Gasteiger partial charge < -0.3 is 4.74 Å². The minimum atomic E-state index is -0.209. The lowest BCUT2D eigenvalue weighted by molar-refractivity contribution is -0.139. The van der Waals surface area contributed by atoms with E-state index in [1.807, 2.05) is 0 Å². The van der Waals surface area contributed by atoms with Crippen LogP contribution in [0.3, 0.4) is 0 Å². The number of carbonyl (C=O) groups excluding carboxylic acids is 1. The molecule has 0 saturated carbocycles. The maximum absolute atomic E-state index is 11.3. The zero-order valence-corrected chi connectivity index (χ0v) is 13.7. The fourth-order valence-corrected chi connectivity index (χ4v) is 6.77. The predicted octanol–water partition coefficient (Wildman–Crippen LogP) is 4.20.